The summed E-state index contributed by atoms with van der Waals surface area (Å²) < 4.78 is 0. The third kappa shape index (κ3) is 3.03. The molecule has 0 aliphatic heterocycles. The first kappa shape index (κ1) is 10.6. The van der Waals surface area contributed by atoms with E-state index in [0.29, 0.717) is 6.04 Å². The number of aromatic nitrogens is 1. The van der Waals surface area contributed by atoms with Crippen LogP contribution in [0.3, 0.4) is 0 Å². The van der Waals surface area contributed by atoms with Crippen LogP contribution in [0.25, 0.3) is 0 Å². The SMILES string of the molecule is CC(NCC1CCCC1)c1cccnc1. The molecule has 1 fully saturated rings. The first-order chi connectivity index (χ1) is 7.36. The first-order valence-electron chi connectivity index (χ1n) is 5.99. The molecule has 0 bridgehead atoms. The Morgan fingerprint density at radius 1 is 1.47 bits per heavy atom. The summed E-state index contributed by atoms with van der Waals surface area (Å²) in [5, 5.41) is 3.60. The summed E-state index contributed by atoms with van der Waals surface area (Å²) >= 11 is 0. The Balaban J connectivity index is 1.79. The van der Waals surface area contributed by atoms with Crippen molar-refractivity contribution in [1.29, 1.82) is 0 Å². The summed E-state index contributed by atoms with van der Waals surface area (Å²) in [6.07, 6.45) is 9.44. The van der Waals surface area contributed by atoms with Gasteiger partial charge in [-0.1, -0.05) is 18.9 Å². The lowest BCUT2D eigenvalue weighted by Crippen LogP contribution is -2.24. The van der Waals surface area contributed by atoms with Crippen LogP contribution in [-0.2, 0) is 0 Å². The molecule has 1 heterocycles. The topological polar surface area (TPSA) is 24.9 Å². The van der Waals surface area contributed by atoms with Gasteiger partial charge >= 0.3 is 0 Å². The second kappa shape index (κ2) is 5.26. The monoisotopic (exact) mass is 204 g/mol. The summed E-state index contributed by atoms with van der Waals surface area (Å²) in [6, 6.07) is 4.57. The van der Waals surface area contributed by atoms with E-state index in [4.69, 9.17) is 0 Å². The van der Waals surface area contributed by atoms with E-state index in [-0.39, 0.29) is 0 Å². The van der Waals surface area contributed by atoms with Crippen LogP contribution in [0.5, 0.6) is 0 Å². The van der Waals surface area contributed by atoms with Crippen LogP contribution in [0, 0.1) is 5.92 Å². The molecule has 1 aromatic rings. The van der Waals surface area contributed by atoms with Crippen molar-refractivity contribution in [3.8, 4) is 0 Å². The van der Waals surface area contributed by atoms with Crippen molar-refractivity contribution < 1.29 is 0 Å². The highest BCUT2D eigenvalue weighted by atomic mass is 14.9. The van der Waals surface area contributed by atoms with Crippen LogP contribution in [0.2, 0.25) is 0 Å². The molecule has 1 atom stereocenters. The molecule has 2 heteroatoms. The van der Waals surface area contributed by atoms with Crippen molar-refractivity contribution in [1.82, 2.24) is 10.3 Å². The molecule has 0 saturated heterocycles. The normalized spacial score (nSPS) is 19.3. The van der Waals surface area contributed by atoms with Crippen LogP contribution in [-0.4, -0.2) is 11.5 Å². The number of hydrogen-bond donors (Lipinski definition) is 1. The highest BCUT2D eigenvalue weighted by Crippen LogP contribution is 2.24. The molecular formula is C13H20N2. The van der Waals surface area contributed by atoms with Gasteiger partial charge in [-0.2, -0.15) is 0 Å². The lowest BCUT2D eigenvalue weighted by molar-refractivity contribution is 0.452. The predicted molar refractivity (Wildman–Crippen MR) is 62.6 cm³/mol. The van der Waals surface area contributed by atoms with Crippen molar-refractivity contribution in [2.24, 2.45) is 5.92 Å². The van der Waals surface area contributed by atoms with Gasteiger partial charge in [-0.05, 0) is 43.9 Å². The molecule has 82 valence electrons. The third-order valence-corrected chi connectivity index (χ3v) is 3.37. The number of nitrogens with zero attached hydrogens (tertiary/aromatic N) is 1. The minimum absolute atomic E-state index is 0.430. The average molecular weight is 204 g/mol. The zero-order chi connectivity index (χ0) is 10.5. The van der Waals surface area contributed by atoms with E-state index < -0.39 is 0 Å². The third-order valence-electron chi connectivity index (χ3n) is 3.37. The van der Waals surface area contributed by atoms with Crippen LogP contribution in [0.1, 0.15) is 44.2 Å². The highest BCUT2D eigenvalue weighted by Gasteiger charge is 2.15. The zero-order valence-electron chi connectivity index (χ0n) is 9.45. The van der Waals surface area contributed by atoms with Gasteiger partial charge in [-0.3, -0.25) is 4.98 Å². The summed E-state index contributed by atoms with van der Waals surface area (Å²) in [4.78, 5) is 4.15. The van der Waals surface area contributed by atoms with Crippen molar-refractivity contribution in [2.75, 3.05) is 6.54 Å². The summed E-state index contributed by atoms with van der Waals surface area (Å²) in [5.74, 6) is 0.907. The number of hydrogen-bond acceptors (Lipinski definition) is 2. The van der Waals surface area contributed by atoms with Crippen LogP contribution in [0.4, 0.5) is 0 Å². The van der Waals surface area contributed by atoms with Gasteiger partial charge in [-0.15, -0.1) is 0 Å². The highest BCUT2D eigenvalue weighted by molar-refractivity contribution is 5.12. The largest absolute Gasteiger partial charge is 0.310 e. The second-order valence-corrected chi connectivity index (χ2v) is 4.57. The number of rotatable bonds is 4. The maximum absolute atomic E-state index is 4.15. The Morgan fingerprint density at radius 3 is 2.93 bits per heavy atom. The van der Waals surface area contributed by atoms with E-state index >= 15 is 0 Å². The molecule has 0 amide bonds. The summed E-state index contributed by atoms with van der Waals surface area (Å²) in [5.41, 5.74) is 1.29. The Hall–Kier alpha value is -0.890. The van der Waals surface area contributed by atoms with Gasteiger partial charge in [0.1, 0.15) is 0 Å². The molecule has 1 aliphatic rings. The molecule has 0 spiro atoms. The van der Waals surface area contributed by atoms with Gasteiger partial charge in [0.05, 0.1) is 0 Å². The lowest BCUT2D eigenvalue weighted by Gasteiger charge is -2.16. The molecular weight excluding hydrogens is 184 g/mol. The van der Waals surface area contributed by atoms with Gasteiger partial charge < -0.3 is 5.32 Å². The summed E-state index contributed by atoms with van der Waals surface area (Å²) in [6.45, 7) is 3.38. The lowest BCUT2D eigenvalue weighted by atomic mass is 10.1. The fraction of sp³-hybridized carbons (Fsp3) is 0.615. The molecule has 1 unspecified atom stereocenters. The Morgan fingerprint density at radius 2 is 2.27 bits per heavy atom. The molecule has 1 saturated carbocycles. The van der Waals surface area contributed by atoms with E-state index in [2.05, 4.69) is 23.3 Å². The van der Waals surface area contributed by atoms with E-state index in [1.54, 1.807) is 0 Å². The van der Waals surface area contributed by atoms with Crippen LogP contribution < -0.4 is 5.32 Å². The summed E-state index contributed by atoms with van der Waals surface area (Å²) in [7, 11) is 0. The van der Waals surface area contributed by atoms with Crippen molar-refractivity contribution in [3.63, 3.8) is 0 Å². The fourth-order valence-corrected chi connectivity index (χ4v) is 2.31. The molecule has 1 aromatic heterocycles. The Labute approximate surface area is 92.1 Å². The van der Waals surface area contributed by atoms with Gasteiger partial charge in [-0.25, -0.2) is 0 Å². The van der Waals surface area contributed by atoms with E-state index in [1.807, 2.05) is 18.5 Å². The minimum Gasteiger partial charge on any atom is -0.310 e. The average Bonchev–Trinajstić information content (AvgIpc) is 2.80. The molecule has 0 aromatic carbocycles. The molecule has 0 radical (unpaired) electrons. The van der Waals surface area contributed by atoms with Crippen LogP contribution >= 0.6 is 0 Å². The van der Waals surface area contributed by atoms with Gasteiger partial charge in [0, 0.05) is 18.4 Å². The predicted octanol–water partition coefficient (Wildman–Crippen LogP) is 2.92. The standard InChI is InChI=1S/C13H20N2/c1-11(13-7-4-8-14-10-13)15-9-12-5-2-3-6-12/h4,7-8,10-12,15H,2-3,5-6,9H2,1H3. The molecule has 2 nitrogen and oxygen atoms in total. The number of pyridine rings is 1. The van der Waals surface area contributed by atoms with Crippen molar-refractivity contribution in [3.05, 3.63) is 30.1 Å². The van der Waals surface area contributed by atoms with Crippen molar-refractivity contribution in [2.45, 2.75) is 38.6 Å². The second-order valence-electron chi connectivity index (χ2n) is 4.57. The van der Waals surface area contributed by atoms with Crippen LogP contribution in [0.15, 0.2) is 24.5 Å². The Bertz CT molecular complexity index is 278. The maximum atomic E-state index is 4.15. The maximum Gasteiger partial charge on any atom is 0.0315 e. The molecule has 15 heavy (non-hydrogen) atoms. The van der Waals surface area contributed by atoms with Gasteiger partial charge in [0.25, 0.3) is 0 Å². The Kier molecular flexibility index (Phi) is 3.73. The fourth-order valence-electron chi connectivity index (χ4n) is 2.31. The molecule has 2 rings (SSSR count). The zero-order valence-corrected chi connectivity index (χ0v) is 9.45. The molecule has 1 N–H and O–H groups in total. The quantitative estimate of drug-likeness (QED) is 0.815. The van der Waals surface area contributed by atoms with E-state index in [9.17, 15) is 0 Å². The first-order valence-corrected chi connectivity index (χ1v) is 5.99. The molecule has 1 aliphatic carbocycles. The minimum atomic E-state index is 0.430. The number of nitrogens with one attached hydrogen (secondary N) is 1. The van der Waals surface area contributed by atoms with E-state index in [1.165, 1.54) is 31.2 Å². The van der Waals surface area contributed by atoms with E-state index in [0.717, 1.165) is 12.5 Å². The van der Waals surface area contributed by atoms with Crippen molar-refractivity contribution >= 4 is 0 Å². The van der Waals surface area contributed by atoms with Gasteiger partial charge in [0.2, 0.25) is 0 Å². The smallest absolute Gasteiger partial charge is 0.0315 e. The van der Waals surface area contributed by atoms with Gasteiger partial charge in [0.15, 0.2) is 0 Å².